The number of nitrogens with zero attached hydrogens (tertiary/aromatic N) is 2. The predicted molar refractivity (Wildman–Crippen MR) is 339 cm³/mol. The van der Waals surface area contributed by atoms with E-state index in [4.69, 9.17) is 0 Å². The van der Waals surface area contributed by atoms with Gasteiger partial charge in [0.1, 0.15) is 11.6 Å². The lowest BCUT2D eigenvalue weighted by Crippen LogP contribution is -2.01. The summed E-state index contributed by atoms with van der Waals surface area (Å²) in [5.74, 6) is -14.4. The number of halogens is 10. The van der Waals surface area contributed by atoms with Crippen LogP contribution in [-0.2, 0) is 0 Å². The molecular weight excluding hydrogens is 1150 g/mol. The first-order chi connectivity index (χ1) is 43.7. The van der Waals surface area contributed by atoms with Crippen LogP contribution in [0.1, 0.15) is 11.1 Å². The lowest BCUT2D eigenvalue weighted by Gasteiger charge is -2.20. The minimum absolute atomic E-state index is 0.181. The van der Waals surface area contributed by atoms with Crippen LogP contribution in [0.2, 0.25) is 0 Å². The van der Waals surface area contributed by atoms with E-state index in [0.29, 0.717) is 87.6 Å². The monoisotopic (exact) mass is 1190 g/mol. The third-order valence-corrected chi connectivity index (χ3v) is 17.3. The second-order valence-corrected chi connectivity index (χ2v) is 22.0. The maximum absolute atomic E-state index is 16.1. The molecule has 0 atom stereocenters. The number of fused-ring (bicyclic) bond motifs is 20. The minimum Gasteiger partial charge on any atom is -0.207 e. The summed E-state index contributed by atoms with van der Waals surface area (Å²) in [6, 6.07) is 65.9. The zero-order valence-electron chi connectivity index (χ0n) is 46.5. The molecule has 0 unspecified atom stereocenters. The van der Waals surface area contributed by atoms with Crippen molar-refractivity contribution in [3.05, 3.63) is 288 Å². The zero-order chi connectivity index (χ0) is 62.0. The Kier molecular flexibility index (Phi) is 12.9. The first-order valence-electron chi connectivity index (χ1n) is 28.2. The first-order valence-corrected chi connectivity index (χ1v) is 28.2. The number of benzene rings is 16. The summed E-state index contributed by atoms with van der Waals surface area (Å²) < 4.78 is 152. The maximum Gasteiger partial charge on any atom is 0.198 e. The molecular formula is C78H36F10N2. The SMILES string of the molecule is Fc1ccc(-c2cc3c4c(F)c(F)c(F)c(F)c4c4cc(-c5ccc(F)cc5)c5ccccc5c4c3c3ccccc23)cc1.N#Cc1ccc(-c2cc3c4c(F)c(F)c(F)c(F)c4c4cc(-c5ccc(C#N)cc5)c5ccccc5c4c3c3ccccc23)cc1. The second kappa shape index (κ2) is 21.1. The van der Waals surface area contributed by atoms with Crippen molar-refractivity contribution in [2.75, 3.05) is 0 Å². The van der Waals surface area contributed by atoms with Crippen molar-refractivity contribution in [1.82, 2.24) is 0 Å². The highest BCUT2D eigenvalue weighted by Gasteiger charge is 2.30. The predicted octanol–water partition coefficient (Wildman–Crippen LogP) is 22.7. The summed E-state index contributed by atoms with van der Waals surface area (Å²) >= 11 is 0. The standard InChI is InChI=1S/C40H18F4N2.C38H18F6/c41-37-35-31-17-29(23-13-9-21(19-45)10-14-23)25-5-1-3-7-27(25)33(31)34-28-8-4-2-6-26(28)30(24-15-11-22(20-46)12-16-24)18-32(34)36(35)38(42)40(44)39(37)43;39-21-13-9-19(10-14-21)27-17-29-31(25-7-3-1-5-23(25)27)32-26-8-4-2-6-24(26)28(20-11-15-22(40)16-12-20)18-30(32)34-33(29)35(41)37(43)38(44)36(34)42/h1-18H;1-18H. The largest absolute Gasteiger partial charge is 0.207 e. The van der Waals surface area contributed by atoms with Crippen LogP contribution >= 0.6 is 0 Å². The van der Waals surface area contributed by atoms with Crippen molar-refractivity contribution in [1.29, 1.82) is 10.5 Å². The van der Waals surface area contributed by atoms with E-state index in [-0.39, 0.29) is 32.3 Å². The van der Waals surface area contributed by atoms with Crippen molar-refractivity contribution >= 4 is 108 Å². The fourth-order valence-electron chi connectivity index (χ4n) is 13.3. The van der Waals surface area contributed by atoms with Crippen LogP contribution in [0.4, 0.5) is 43.9 Å². The average molecular weight is 1190 g/mol. The number of hydrogen-bond donors (Lipinski definition) is 0. The summed E-state index contributed by atoms with van der Waals surface area (Å²) in [5.41, 5.74) is 6.07. The van der Waals surface area contributed by atoms with E-state index in [1.807, 2.05) is 97.1 Å². The van der Waals surface area contributed by atoms with Crippen LogP contribution in [0.5, 0.6) is 0 Å². The molecule has 16 rings (SSSR count). The molecule has 12 heteroatoms. The van der Waals surface area contributed by atoms with Gasteiger partial charge in [-0.2, -0.15) is 10.5 Å². The molecule has 0 bridgehead atoms. The highest BCUT2D eigenvalue weighted by molar-refractivity contribution is 6.40. The molecule has 0 aliphatic rings. The van der Waals surface area contributed by atoms with E-state index in [9.17, 15) is 28.1 Å². The van der Waals surface area contributed by atoms with Crippen molar-refractivity contribution < 1.29 is 43.9 Å². The number of nitriles is 2. The normalized spacial score (nSPS) is 11.6. The highest BCUT2D eigenvalue weighted by Crippen LogP contribution is 2.51. The van der Waals surface area contributed by atoms with E-state index in [0.717, 1.165) is 32.7 Å². The van der Waals surface area contributed by atoms with Gasteiger partial charge in [-0.25, -0.2) is 43.9 Å². The smallest absolute Gasteiger partial charge is 0.198 e. The van der Waals surface area contributed by atoms with Gasteiger partial charge >= 0.3 is 0 Å². The van der Waals surface area contributed by atoms with Gasteiger partial charge in [0, 0.05) is 21.5 Å². The third kappa shape index (κ3) is 8.33. The lowest BCUT2D eigenvalue weighted by atomic mass is 9.83. The van der Waals surface area contributed by atoms with E-state index in [1.165, 1.54) is 24.3 Å². The first kappa shape index (κ1) is 55.0. The molecule has 0 amide bonds. The maximum atomic E-state index is 16.1. The summed E-state index contributed by atoms with van der Waals surface area (Å²) in [6.45, 7) is 0. The van der Waals surface area contributed by atoms with E-state index < -0.39 is 68.9 Å². The average Bonchev–Trinajstić information content (AvgIpc) is 0.711. The molecule has 2 nitrogen and oxygen atoms in total. The fourth-order valence-corrected chi connectivity index (χ4v) is 13.3. The third-order valence-electron chi connectivity index (χ3n) is 17.3. The molecule has 0 heterocycles. The molecule has 0 aliphatic heterocycles. The molecule has 0 N–H and O–H groups in total. The van der Waals surface area contributed by atoms with Gasteiger partial charge < -0.3 is 0 Å². The molecule has 0 fully saturated rings. The molecule has 0 spiro atoms. The van der Waals surface area contributed by atoms with E-state index >= 15 is 26.3 Å². The molecule has 0 saturated heterocycles. The molecule has 0 radical (unpaired) electrons. The van der Waals surface area contributed by atoms with E-state index in [2.05, 4.69) is 12.1 Å². The van der Waals surface area contributed by atoms with Gasteiger partial charge in [-0.05, 0) is 203 Å². The molecule has 90 heavy (non-hydrogen) atoms. The van der Waals surface area contributed by atoms with Gasteiger partial charge in [0.05, 0.1) is 23.3 Å². The quantitative estimate of drug-likeness (QED) is 0.0763. The van der Waals surface area contributed by atoms with Crippen molar-refractivity contribution in [2.45, 2.75) is 0 Å². The Hall–Kier alpha value is -11.6. The Morgan fingerprint density at radius 1 is 0.200 bits per heavy atom. The fraction of sp³-hybridized carbons (Fsp3) is 0. The van der Waals surface area contributed by atoms with Crippen LogP contribution in [0.15, 0.2) is 218 Å². The summed E-state index contributed by atoms with van der Waals surface area (Å²) in [7, 11) is 0. The molecule has 16 aromatic rings. The molecule has 0 aliphatic carbocycles. The summed E-state index contributed by atoms with van der Waals surface area (Å²) in [4.78, 5) is 0. The van der Waals surface area contributed by atoms with Crippen molar-refractivity contribution in [2.24, 2.45) is 0 Å². The summed E-state index contributed by atoms with van der Waals surface area (Å²) in [6.07, 6.45) is 0. The van der Waals surface area contributed by atoms with E-state index in [1.54, 1.807) is 97.1 Å². The van der Waals surface area contributed by atoms with Gasteiger partial charge in [-0.1, -0.05) is 146 Å². The van der Waals surface area contributed by atoms with Crippen LogP contribution in [0.3, 0.4) is 0 Å². The molecule has 16 aromatic carbocycles. The Bertz CT molecular complexity index is 5530. The summed E-state index contributed by atoms with van der Waals surface area (Å²) in [5, 5.41) is 26.0. The Labute approximate surface area is 504 Å². The molecule has 0 saturated carbocycles. The van der Waals surface area contributed by atoms with Crippen molar-refractivity contribution in [3.8, 4) is 56.6 Å². The minimum atomic E-state index is -1.91. The number of hydrogen-bond acceptors (Lipinski definition) is 2. The highest BCUT2D eigenvalue weighted by atomic mass is 19.2. The zero-order valence-corrected chi connectivity index (χ0v) is 46.5. The lowest BCUT2D eigenvalue weighted by molar-refractivity contribution is 0.418. The van der Waals surface area contributed by atoms with Crippen LogP contribution in [0.25, 0.3) is 152 Å². The Balaban J connectivity index is 0.000000150. The van der Waals surface area contributed by atoms with Crippen LogP contribution in [0, 0.1) is 80.8 Å². The van der Waals surface area contributed by atoms with Gasteiger partial charge in [0.25, 0.3) is 0 Å². The Morgan fingerprint density at radius 2 is 0.400 bits per heavy atom. The van der Waals surface area contributed by atoms with Gasteiger partial charge in [-0.3, -0.25) is 0 Å². The number of rotatable bonds is 4. The van der Waals surface area contributed by atoms with Gasteiger partial charge in [0.2, 0.25) is 0 Å². The van der Waals surface area contributed by atoms with Gasteiger partial charge in [0.15, 0.2) is 46.5 Å². The molecule has 0 aromatic heterocycles. The van der Waals surface area contributed by atoms with Gasteiger partial charge in [-0.15, -0.1) is 0 Å². The second-order valence-electron chi connectivity index (χ2n) is 22.0. The van der Waals surface area contributed by atoms with Crippen LogP contribution < -0.4 is 0 Å². The topological polar surface area (TPSA) is 47.6 Å². The molecule has 428 valence electrons. The van der Waals surface area contributed by atoms with Crippen LogP contribution in [-0.4, -0.2) is 0 Å². The van der Waals surface area contributed by atoms with Crippen molar-refractivity contribution in [3.63, 3.8) is 0 Å². The Morgan fingerprint density at radius 3 is 0.611 bits per heavy atom.